The summed E-state index contributed by atoms with van der Waals surface area (Å²) >= 11 is 0. The number of carbonyl (C=O) groups is 1. The Morgan fingerprint density at radius 2 is 2.09 bits per heavy atom. The van der Waals surface area contributed by atoms with E-state index in [1.807, 2.05) is 6.92 Å². The lowest BCUT2D eigenvalue weighted by atomic mass is 10.2. The minimum absolute atomic E-state index is 0.0717. The van der Waals surface area contributed by atoms with Crippen molar-refractivity contribution < 1.29 is 13.2 Å². The maximum Gasteiger partial charge on any atom is 0.254 e. The molecule has 0 unspecified atom stereocenters. The molecule has 1 aliphatic heterocycles. The van der Waals surface area contributed by atoms with E-state index in [4.69, 9.17) is 5.73 Å². The number of amides is 1. The quantitative estimate of drug-likeness (QED) is 0.846. The van der Waals surface area contributed by atoms with Gasteiger partial charge in [-0.2, -0.15) is 4.31 Å². The van der Waals surface area contributed by atoms with Gasteiger partial charge in [0.05, 0.1) is 10.5 Å². The lowest BCUT2D eigenvalue weighted by Crippen LogP contribution is -2.34. The topological polar surface area (TPSA) is 83.7 Å². The van der Waals surface area contributed by atoms with Crippen LogP contribution in [-0.2, 0) is 10.0 Å². The van der Waals surface area contributed by atoms with Gasteiger partial charge in [0, 0.05) is 32.7 Å². The standard InChI is InChI=1S/C16H25N3O3S/c1-3-4-10-18(2)16(20)14-7-5-6-8-15(14)23(21,22)19-11-9-13(17)12-19/h5-8,13H,3-4,9-12,17H2,1-2H3/t13-/m1/s1. The molecule has 6 nitrogen and oxygen atoms in total. The first-order valence-corrected chi connectivity index (χ1v) is 9.42. The third kappa shape index (κ3) is 3.91. The number of rotatable bonds is 6. The lowest BCUT2D eigenvalue weighted by Gasteiger charge is -2.21. The fourth-order valence-corrected chi connectivity index (χ4v) is 4.38. The molecule has 2 rings (SSSR count). The van der Waals surface area contributed by atoms with Gasteiger partial charge >= 0.3 is 0 Å². The molecule has 1 aromatic carbocycles. The lowest BCUT2D eigenvalue weighted by molar-refractivity contribution is 0.0789. The Morgan fingerprint density at radius 1 is 1.39 bits per heavy atom. The van der Waals surface area contributed by atoms with Crippen LogP contribution in [0, 0.1) is 0 Å². The van der Waals surface area contributed by atoms with Gasteiger partial charge < -0.3 is 10.6 Å². The molecule has 0 radical (unpaired) electrons. The molecule has 1 aromatic rings. The highest BCUT2D eigenvalue weighted by molar-refractivity contribution is 7.89. The van der Waals surface area contributed by atoms with E-state index in [9.17, 15) is 13.2 Å². The first-order valence-electron chi connectivity index (χ1n) is 7.98. The zero-order valence-corrected chi connectivity index (χ0v) is 14.6. The van der Waals surface area contributed by atoms with Gasteiger partial charge in [0.25, 0.3) is 5.91 Å². The number of sulfonamides is 1. The van der Waals surface area contributed by atoms with Crippen molar-refractivity contribution in [2.24, 2.45) is 5.73 Å². The molecule has 0 aliphatic carbocycles. The van der Waals surface area contributed by atoms with Crippen LogP contribution in [0.2, 0.25) is 0 Å². The highest BCUT2D eigenvalue weighted by Gasteiger charge is 2.33. The monoisotopic (exact) mass is 339 g/mol. The average Bonchev–Trinajstić information content (AvgIpc) is 2.99. The average molecular weight is 339 g/mol. The number of unbranched alkanes of at least 4 members (excludes halogenated alkanes) is 1. The third-order valence-electron chi connectivity index (χ3n) is 4.12. The van der Waals surface area contributed by atoms with Crippen molar-refractivity contribution in [3.8, 4) is 0 Å². The van der Waals surface area contributed by atoms with Crippen LogP contribution in [0.3, 0.4) is 0 Å². The Bertz CT molecular complexity index is 660. The molecule has 2 N–H and O–H groups in total. The fraction of sp³-hybridized carbons (Fsp3) is 0.562. The molecule has 1 saturated heterocycles. The zero-order chi connectivity index (χ0) is 17.0. The summed E-state index contributed by atoms with van der Waals surface area (Å²) < 4.78 is 27.1. The maximum absolute atomic E-state index is 12.8. The molecule has 1 amide bonds. The first kappa shape index (κ1) is 17.9. The molecule has 1 atom stereocenters. The van der Waals surface area contributed by atoms with Crippen molar-refractivity contribution in [2.75, 3.05) is 26.7 Å². The van der Waals surface area contributed by atoms with Gasteiger partial charge in [-0.05, 0) is 25.0 Å². The van der Waals surface area contributed by atoms with Crippen molar-refractivity contribution in [1.82, 2.24) is 9.21 Å². The van der Waals surface area contributed by atoms with Gasteiger partial charge in [0.2, 0.25) is 10.0 Å². The summed E-state index contributed by atoms with van der Waals surface area (Å²) in [7, 11) is -1.99. The number of hydrogen-bond donors (Lipinski definition) is 1. The molecular formula is C16H25N3O3S. The van der Waals surface area contributed by atoms with E-state index in [1.165, 1.54) is 10.4 Å². The SMILES string of the molecule is CCCCN(C)C(=O)c1ccccc1S(=O)(=O)N1CC[C@@H](N)C1. The van der Waals surface area contributed by atoms with Crippen LogP contribution in [0.1, 0.15) is 36.5 Å². The Labute approximate surface area is 138 Å². The van der Waals surface area contributed by atoms with Crippen LogP contribution in [0.5, 0.6) is 0 Å². The summed E-state index contributed by atoms with van der Waals surface area (Å²) in [6, 6.07) is 6.27. The summed E-state index contributed by atoms with van der Waals surface area (Å²) in [6.07, 6.45) is 2.51. The summed E-state index contributed by atoms with van der Waals surface area (Å²) in [6.45, 7) is 3.36. The van der Waals surface area contributed by atoms with E-state index in [0.717, 1.165) is 12.8 Å². The molecule has 0 bridgehead atoms. The molecule has 0 saturated carbocycles. The van der Waals surface area contributed by atoms with Gasteiger partial charge in [0.1, 0.15) is 0 Å². The smallest absolute Gasteiger partial charge is 0.254 e. The minimum Gasteiger partial charge on any atom is -0.342 e. The van der Waals surface area contributed by atoms with Crippen LogP contribution in [0.25, 0.3) is 0 Å². The Hall–Kier alpha value is -1.44. The number of hydrogen-bond acceptors (Lipinski definition) is 4. The predicted molar refractivity (Wildman–Crippen MR) is 89.7 cm³/mol. The highest BCUT2D eigenvalue weighted by atomic mass is 32.2. The predicted octanol–water partition coefficient (Wildman–Crippen LogP) is 1.28. The van der Waals surface area contributed by atoms with Gasteiger partial charge in [-0.3, -0.25) is 4.79 Å². The summed E-state index contributed by atoms with van der Waals surface area (Å²) in [5, 5.41) is 0. The maximum atomic E-state index is 12.8. The van der Waals surface area contributed by atoms with Crippen LogP contribution in [0.4, 0.5) is 0 Å². The van der Waals surface area contributed by atoms with Crippen molar-refractivity contribution in [3.05, 3.63) is 29.8 Å². The molecule has 0 spiro atoms. The van der Waals surface area contributed by atoms with E-state index in [1.54, 1.807) is 30.1 Å². The molecule has 7 heteroatoms. The molecular weight excluding hydrogens is 314 g/mol. The summed E-state index contributed by atoms with van der Waals surface area (Å²) in [5.41, 5.74) is 6.05. The van der Waals surface area contributed by atoms with Crippen LogP contribution in [0.15, 0.2) is 29.2 Å². The Morgan fingerprint density at radius 3 is 2.70 bits per heavy atom. The first-order chi connectivity index (χ1) is 10.9. The van der Waals surface area contributed by atoms with E-state index >= 15 is 0 Å². The Balaban J connectivity index is 2.32. The van der Waals surface area contributed by atoms with Gasteiger partial charge in [0.15, 0.2) is 0 Å². The van der Waals surface area contributed by atoms with Gasteiger partial charge in [-0.1, -0.05) is 25.5 Å². The van der Waals surface area contributed by atoms with Gasteiger partial charge in [-0.25, -0.2) is 8.42 Å². The second kappa shape index (κ2) is 7.42. The molecule has 1 heterocycles. The van der Waals surface area contributed by atoms with Crippen molar-refractivity contribution in [2.45, 2.75) is 37.1 Å². The molecule has 23 heavy (non-hydrogen) atoms. The molecule has 0 aromatic heterocycles. The van der Waals surface area contributed by atoms with Crippen LogP contribution < -0.4 is 5.73 Å². The zero-order valence-electron chi connectivity index (χ0n) is 13.7. The van der Waals surface area contributed by atoms with Crippen LogP contribution >= 0.6 is 0 Å². The second-order valence-electron chi connectivity index (χ2n) is 5.99. The highest BCUT2D eigenvalue weighted by Crippen LogP contribution is 2.24. The summed E-state index contributed by atoms with van der Waals surface area (Å²) in [5.74, 6) is -0.263. The molecule has 128 valence electrons. The van der Waals surface area contributed by atoms with Gasteiger partial charge in [-0.15, -0.1) is 0 Å². The fourth-order valence-electron chi connectivity index (χ4n) is 2.68. The normalized spacial score (nSPS) is 19.0. The second-order valence-corrected chi connectivity index (χ2v) is 7.89. The minimum atomic E-state index is -3.70. The Kier molecular flexibility index (Phi) is 5.78. The molecule has 1 fully saturated rings. The third-order valence-corrected chi connectivity index (χ3v) is 6.04. The van der Waals surface area contributed by atoms with Crippen molar-refractivity contribution in [3.63, 3.8) is 0 Å². The number of benzene rings is 1. The summed E-state index contributed by atoms with van der Waals surface area (Å²) in [4.78, 5) is 14.3. The number of nitrogens with zero attached hydrogens (tertiary/aromatic N) is 2. The van der Waals surface area contributed by atoms with E-state index in [2.05, 4.69) is 0 Å². The van der Waals surface area contributed by atoms with Crippen LogP contribution in [-0.4, -0.2) is 56.3 Å². The van der Waals surface area contributed by atoms with E-state index < -0.39 is 10.0 Å². The van der Waals surface area contributed by atoms with Crippen molar-refractivity contribution >= 4 is 15.9 Å². The van der Waals surface area contributed by atoms with E-state index in [-0.39, 0.29) is 22.4 Å². The number of nitrogens with two attached hydrogens (primary N) is 1. The van der Waals surface area contributed by atoms with E-state index in [0.29, 0.717) is 26.1 Å². The number of carbonyl (C=O) groups excluding carboxylic acids is 1. The van der Waals surface area contributed by atoms with Crippen molar-refractivity contribution in [1.29, 1.82) is 0 Å². The molecule has 1 aliphatic rings. The largest absolute Gasteiger partial charge is 0.342 e.